The number of ether oxygens (including phenoxy) is 1. The van der Waals surface area contributed by atoms with Crippen LogP contribution in [-0.4, -0.2) is 50.3 Å². The SMILES string of the molecule is CCOCCCNCC(C)N(CC)CC1CC1. The quantitative estimate of drug-likeness (QED) is 0.562. The van der Waals surface area contributed by atoms with Crippen molar-refractivity contribution in [2.45, 2.75) is 46.1 Å². The standard InChI is InChI=1S/C14H30N2O/c1-4-16(12-14-7-8-14)13(3)11-15-9-6-10-17-5-2/h13-15H,4-12H2,1-3H3. The summed E-state index contributed by atoms with van der Waals surface area (Å²) < 4.78 is 5.32. The third-order valence-electron chi connectivity index (χ3n) is 3.51. The summed E-state index contributed by atoms with van der Waals surface area (Å²) in [7, 11) is 0. The van der Waals surface area contributed by atoms with Crippen molar-refractivity contribution >= 4 is 0 Å². The molecular formula is C14H30N2O. The summed E-state index contributed by atoms with van der Waals surface area (Å²) in [6.45, 7) is 13.0. The smallest absolute Gasteiger partial charge is 0.0477 e. The fourth-order valence-electron chi connectivity index (χ4n) is 2.14. The zero-order chi connectivity index (χ0) is 12.5. The van der Waals surface area contributed by atoms with Crippen molar-refractivity contribution in [2.24, 2.45) is 5.92 Å². The predicted octanol–water partition coefficient (Wildman–Crippen LogP) is 2.12. The van der Waals surface area contributed by atoms with Gasteiger partial charge in [0.25, 0.3) is 0 Å². The van der Waals surface area contributed by atoms with Crippen LogP contribution in [0.3, 0.4) is 0 Å². The molecule has 1 atom stereocenters. The van der Waals surface area contributed by atoms with Crippen molar-refractivity contribution < 1.29 is 4.74 Å². The van der Waals surface area contributed by atoms with Gasteiger partial charge in [0.15, 0.2) is 0 Å². The summed E-state index contributed by atoms with van der Waals surface area (Å²) in [6, 6.07) is 0.660. The maximum absolute atomic E-state index is 5.32. The van der Waals surface area contributed by atoms with Gasteiger partial charge in [0.05, 0.1) is 0 Å². The molecule has 3 heteroatoms. The number of hydrogen-bond donors (Lipinski definition) is 1. The van der Waals surface area contributed by atoms with Gasteiger partial charge < -0.3 is 10.1 Å². The van der Waals surface area contributed by atoms with E-state index in [2.05, 4.69) is 24.1 Å². The minimum atomic E-state index is 0.660. The molecule has 0 aromatic heterocycles. The molecule has 0 aromatic carbocycles. The third kappa shape index (κ3) is 7.02. The maximum Gasteiger partial charge on any atom is 0.0477 e. The summed E-state index contributed by atoms with van der Waals surface area (Å²) in [5.41, 5.74) is 0. The van der Waals surface area contributed by atoms with Crippen LogP contribution in [0, 0.1) is 5.92 Å². The molecular weight excluding hydrogens is 212 g/mol. The van der Waals surface area contributed by atoms with E-state index in [0.29, 0.717) is 6.04 Å². The van der Waals surface area contributed by atoms with Gasteiger partial charge in [-0.05, 0) is 52.1 Å². The van der Waals surface area contributed by atoms with Gasteiger partial charge in [0, 0.05) is 32.3 Å². The Morgan fingerprint density at radius 3 is 2.71 bits per heavy atom. The van der Waals surface area contributed by atoms with Crippen molar-refractivity contribution in [3.63, 3.8) is 0 Å². The third-order valence-corrected chi connectivity index (χ3v) is 3.51. The molecule has 0 amide bonds. The lowest BCUT2D eigenvalue weighted by atomic mass is 10.2. The summed E-state index contributed by atoms with van der Waals surface area (Å²) in [5, 5.41) is 3.53. The van der Waals surface area contributed by atoms with Gasteiger partial charge in [-0.1, -0.05) is 6.92 Å². The Morgan fingerprint density at radius 1 is 1.35 bits per heavy atom. The first-order valence-corrected chi connectivity index (χ1v) is 7.30. The monoisotopic (exact) mass is 242 g/mol. The van der Waals surface area contributed by atoms with Gasteiger partial charge >= 0.3 is 0 Å². The van der Waals surface area contributed by atoms with Gasteiger partial charge in [-0.15, -0.1) is 0 Å². The topological polar surface area (TPSA) is 24.5 Å². The number of nitrogens with zero attached hydrogens (tertiary/aromatic N) is 1. The van der Waals surface area contributed by atoms with Crippen LogP contribution in [0.5, 0.6) is 0 Å². The molecule has 0 heterocycles. The first kappa shape index (κ1) is 14.9. The molecule has 1 aliphatic carbocycles. The van der Waals surface area contributed by atoms with Crippen molar-refractivity contribution in [3.05, 3.63) is 0 Å². The molecule has 1 saturated carbocycles. The summed E-state index contributed by atoms with van der Waals surface area (Å²) in [6.07, 6.45) is 4.02. The summed E-state index contributed by atoms with van der Waals surface area (Å²) >= 11 is 0. The van der Waals surface area contributed by atoms with Crippen LogP contribution in [0.4, 0.5) is 0 Å². The lowest BCUT2D eigenvalue weighted by Gasteiger charge is -2.28. The molecule has 0 aromatic rings. The number of nitrogens with one attached hydrogen (secondary N) is 1. The molecule has 0 aliphatic heterocycles. The highest BCUT2D eigenvalue weighted by atomic mass is 16.5. The van der Waals surface area contributed by atoms with Gasteiger partial charge in [-0.3, -0.25) is 4.90 Å². The molecule has 0 bridgehead atoms. The van der Waals surface area contributed by atoms with E-state index >= 15 is 0 Å². The number of hydrogen-bond acceptors (Lipinski definition) is 3. The molecule has 1 N–H and O–H groups in total. The van der Waals surface area contributed by atoms with E-state index in [1.807, 2.05) is 6.92 Å². The van der Waals surface area contributed by atoms with E-state index in [0.717, 1.165) is 38.6 Å². The second-order valence-electron chi connectivity index (χ2n) is 5.13. The Hall–Kier alpha value is -0.120. The fourth-order valence-corrected chi connectivity index (χ4v) is 2.14. The summed E-state index contributed by atoms with van der Waals surface area (Å²) in [4.78, 5) is 2.60. The lowest BCUT2D eigenvalue weighted by molar-refractivity contribution is 0.143. The molecule has 1 rings (SSSR count). The van der Waals surface area contributed by atoms with E-state index in [9.17, 15) is 0 Å². The highest BCUT2D eigenvalue weighted by Crippen LogP contribution is 2.30. The van der Waals surface area contributed by atoms with E-state index < -0.39 is 0 Å². The molecule has 0 spiro atoms. The Kier molecular flexibility index (Phi) is 7.82. The van der Waals surface area contributed by atoms with E-state index in [4.69, 9.17) is 4.74 Å². The van der Waals surface area contributed by atoms with Crippen LogP contribution in [0.2, 0.25) is 0 Å². The van der Waals surface area contributed by atoms with Crippen LogP contribution in [0.25, 0.3) is 0 Å². The Labute approximate surface area is 107 Å². The van der Waals surface area contributed by atoms with Crippen molar-refractivity contribution in [2.75, 3.05) is 39.4 Å². The average Bonchev–Trinajstić information content (AvgIpc) is 3.14. The molecule has 17 heavy (non-hydrogen) atoms. The first-order valence-electron chi connectivity index (χ1n) is 7.30. The zero-order valence-corrected chi connectivity index (χ0v) is 11.9. The Morgan fingerprint density at radius 2 is 2.12 bits per heavy atom. The largest absolute Gasteiger partial charge is 0.382 e. The first-order chi connectivity index (χ1) is 8.27. The maximum atomic E-state index is 5.32. The second kappa shape index (κ2) is 8.90. The van der Waals surface area contributed by atoms with Crippen molar-refractivity contribution in [1.29, 1.82) is 0 Å². The molecule has 3 nitrogen and oxygen atoms in total. The fraction of sp³-hybridized carbons (Fsp3) is 1.00. The van der Waals surface area contributed by atoms with Crippen LogP contribution in [0.15, 0.2) is 0 Å². The minimum absolute atomic E-state index is 0.660. The molecule has 1 fully saturated rings. The Bertz CT molecular complexity index is 183. The van der Waals surface area contributed by atoms with Gasteiger partial charge in [-0.2, -0.15) is 0 Å². The van der Waals surface area contributed by atoms with E-state index in [1.165, 1.54) is 25.9 Å². The number of rotatable bonds is 11. The molecule has 0 radical (unpaired) electrons. The highest BCUT2D eigenvalue weighted by molar-refractivity contribution is 4.79. The molecule has 0 saturated heterocycles. The van der Waals surface area contributed by atoms with Crippen LogP contribution in [-0.2, 0) is 4.74 Å². The number of likely N-dealkylation sites (N-methyl/N-ethyl adjacent to an activating group) is 1. The normalized spacial score (nSPS) is 17.6. The molecule has 102 valence electrons. The molecule has 1 unspecified atom stereocenters. The van der Waals surface area contributed by atoms with Gasteiger partial charge in [0.2, 0.25) is 0 Å². The lowest BCUT2D eigenvalue weighted by Crippen LogP contribution is -2.41. The van der Waals surface area contributed by atoms with Gasteiger partial charge in [-0.25, -0.2) is 0 Å². The van der Waals surface area contributed by atoms with Crippen LogP contribution >= 0.6 is 0 Å². The zero-order valence-electron chi connectivity index (χ0n) is 11.9. The van der Waals surface area contributed by atoms with E-state index in [-0.39, 0.29) is 0 Å². The predicted molar refractivity (Wildman–Crippen MR) is 73.4 cm³/mol. The van der Waals surface area contributed by atoms with Crippen molar-refractivity contribution in [1.82, 2.24) is 10.2 Å². The Balaban J connectivity index is 1.99. The van der Waals surface area contributed by atoms with Gasteiger partial charge in [0.1, 0.15) is 0 Å². The van der Waals surface area contributed by atoms with Crippen LogP contribution in [0.1, 0.15) is 40.0 Å². The van der Waals surface area contributed by atoms with Crippen LogP contribution < -0.4 is 5.32 Å². The minimum Gasteiger partial charge on any atom is -0.382 e. The average molecular weight is 242 g/mol. The molecule has 1 aliphatic rings. The summed E-state index contributed by atoms with van der Waals surface area (Å²) in [5.74, 6) is 0.996. The second-order valence-corrected chi connectivity index (χ2v) is 5.13. The van der Waals surface area contributed by atoms with E-state index in [1.54, 1.807) is 0 Å². The van der Waals surface area contributed by atoms with Crippen molar-refractivity contribution in [3.8, 4) is 0 Å². The highest BCUT2D eigenvalue weighted by Gasteiger charge is 2.25.